The number of non-ortho nitro benzene ring substituents is 1. The molecule has 1 aromatic heterocycles. The van der Waals surface area contributed by atoms with Crippen molar-refractivity contribution in [3.63, 3.8) is 0 Å². The summed E-state index contributed by atoms with van der Waals surface area (Å²) in [6, 6.07) is 11.9. The molecule has 0 radical (unpaired) electrons. The molecule has 1 fully saturated rings. The lowest BCUT2D eigenvalue weighted by Crippen LogP contribution is -2.45. The lowest BCUT2D eigenvalue weighted by atomic mass is 10.0. The number of nitro groups is 1. The summed E-state index contributed by atoms with van der Waals surface area (Å²) in [5.41, 5.74) is -0.0367. The molecule has 2 heterocycles. The molecule has 4 rings (SSSR count). The number of piperidine rings is 1. The van der Waals surface area contributed by atoms with Crippen molar-refractivity contribution in [2.45, 2.75) is 28.7 Å². The Kier molecular flexibility index (Phi) is 6.60. The Hall–Kier alpha value is -3.53. The van der Waals surface area contributed by atoms with Crippen LogP contribution in [0, 0.1) is 15.9 Å². The van der Waals surface area contributed by atoms with Crippen LogP contribution in [0.15, 0.2) is 70.7 Å². The van der Waals surface area contributed by atoms with Gasteiger partial charge in [-0.25, -0.2) is 14.4 Å². The number of nitrogens with one attached hydrogen (secondary N) is 1. The number of rotatable bonds is 6. The van der Waals surface area contributed by atoms with E-state index in [-0.39, 0.29) is 17.3 Å². The fourth-order valence-electron chi connectivity index (χ4n) is 3.49. The van der Waals surface area contributed by atoms with Gasteiger partial charge in [0.2, 0.25) is 5.95 Å². The van der Waals surface area contributed by atoms with Gasteiger partial charge in [-0.15, -0.1) is 0 Å². The molecule has 1 aliphatic heterocycles. The van der Waals surface area contributed by atoms with E-state index in [1.165, 1.54) is 24.3 Å². The molecule has 0 spiro atoms. The maximum Gasteiger partial charge on any atom is 0.270 e. The molecule has 1 amide bonds. The second-order valence-corrected chi connectivity index (χ2v) is 8.34. The number of hydrogen-bond acceptors (Lipinski definition) is 7. The third kappa shape index (κ3) is 5.02. The highest BCUT2D eigenvalue weighted by molar-refractivity contribution is 7.99. The molecule has 10 heteroatoms. The third-order valence-corrected chi connectivity index (χ3v) is 6.27. The lowest BCUT2D eigenvalue weighted by Gasteiger charge is -2.32. The monoisotopic (exact) mass is 453 g/mol. The summed E-state index contributed by atoms with van der Waals surface area (Å²) in [6.07, 6.45) is 4.75. The molecule has 0 aliphatic carbocycles. The Balaban J connectivity index is 1.49. The highest BCUT2D eigenvalue weighted by Crippen LogP contribution is 2.34. The van der Waals surface area contributed by atoms with Gasteiger partial charge in [0, 0.05) is 53.4 Å². The normalized spacial score (nSPS) is 14.2. The summed E-state index contributed by atoms with van der Waals surface area (Å²) in [6.45, 7) is 1.36. The third-order valence-electron chi connectivity index (χ3n) is 5.14. The van der Waals surface area contributed by atoms with Crippen LogP contribution in [-0.4, -0.2) is 39.9 Å². The standard InChI is InChI=1S/C22H20FN5O3S/c23-18-4-1-2-5-20(18)32-19-7-6-16(28(30)31)14-17(19)21(29)26-15-8-12-27(13-9-15)22-24-10-3-11-25-22/h1-7,10-11,14-15H,8-9,12-13H2,(H,26,29). The highest BCUT2D eigenvalue weighted by atomic mass is 32.2. The Bertz CT molecular complexity index is 1120. The number of carbonyl (C=O) groups is 1. The van der Waals surface area contributed by atoms with E-state index in [9.17, 15) is 19.3 Å². The van der Waals surface area contributed by atoms with Gasteiger partial charge in [-0.3, -0.25) is 14.9 Å². The van der Waals surface area contributed by atoms with Crippen LogP contribution in [0.1, 0.15) is 23.2 Å². The van der Waals surface area contributed by atoms with Gasteiger partial charge in [-0.2, -0.15) is 0 Å². The van der Waals surface area contributed by atoms with Crippen LogP contribution in [0.3, 0.4) is 0 Å². The van der Waals surface area contributed by atoms with E-state index in [2.05, 4.69) is 20.2 Å². The quantitative estimate of drug-likeness (QED) is 0.443. The molecule has 0 atom stereocenters. The molecule has 8 nitrogen and oxygen atoms in total. The summed E-state index contributed by atoms with van der Waals surface area (Å²) < 4.78 is 14.1. The van der Waals surface area contributed by atoms with Crippen LogP contribution in [0.25, 0.3) is 0 Å². The van der Waals surface area contributed by atoms with E-state index in [1.54, 1.807) is 36.7 Å². The van der Waals surface area contributed by atoms with Gasteiger partial charge in [-0.1, -0.05) is 23.9 Å². The van der Waals surface area contributed by atoms with Crippen LogP contribution in [0.2, 0.25) is 0 Å². The van der Waals surface area contributed by atoms with Gasteiger partial charge in [0.1, 0.15) is 5.82 Å². The smallest absolute Gasteiger partial charge is 0.270 e. The van der Waals surface area contributed by atoms with Gasteiger partial charge >= 0.3 is 0 Å². The number of hydrogen-bond donors (Lipinski definition) is 1. The maximum absolute atomic E-state index is 14.1. The highest BCUT2D eigenvalue weighted by Gasteiger charge is 2.25. The van der Waals surface area contributed by atoms with Gasteiger partial charge in [0.05, 0.1) is 10.5 Å². The first-order valence-corrected chi connectivity index (χ1v) is 10.9. The molecular formula is C22H20FN5O3S. The first-order chi connectivity index (χ1) is 15.5. The van der Waals surface area contributed by atoms with E-state index in [0.29, 0.717) is 41.7 Å². The number of amides is 1. The average Bonchev–Trinajstić information content (AvgIpc) is 2.81. The van der Waals surface area contributed by atoms with E-state index >= 15 is 0 Å². The van der Waals surface area contributed by atoms with Crippen molar-refractivity contribution >= 4 is 29.3 Å². The van der Waals surface area contributed by atoms with Crippen molar-refractivity contribution in [3.8, 4) is 0 Å². The zero-order chi connectivity index (χ0) is 22.5. The number of benzene rings is 2. The lowest BCUT2D eigenvalue weighted by molar-refractivity contribution is -0.384. The van der Waals surface area contributed by atoms with Crippen molar-refractivity contribution in [2.75, 3.05) is 18.0 Å². The number of nitro benzene ring substituents is 1. The molecule has 0 bridgehead atoms. The van der Waals surface area contributed by atoms with Crippen LogP contribution in [0.4, 0.5) is 16.0 Å². The zero-order valence-electron chi connectivity index (χ0n) is 17.0. The summed E-state index contributed by atoms with van der Waals surface area (Å²) >= 11 is 1.07. The number of anilines is 1. The van der Waals surface area contributed by atoms with Crippen molar-refractivity contribution < 1.29 is 14.1 Å². The van der Waals surface area contributed by atoms with Gasteiger partial charge < -0.3 is 10.2 Å². The minimum Gasteiger partial charge on any atom is -0.349 e. The Labute approximate surface area is 188 Å². The molecule has 1 saturated heterocycles. The van der Waals surface area contributed by atoms with E-state index in [0.717, 1.165) is 11.8 Å². The SMILES string of the molecule is O=C(NC1CCN(c2ncccn2)CC1)c1cc([N+](=O)[O-])ccc1Sc1ccccc1F. The Morgan fingerprint density at radius 3 is 2.50 bits per heavy atom. The first-order valence-electron chi connectivity index (χ1n) is 10.0. The van der Waals surface area contributed by atoms with E-state index < -0.39 is 16.6 Å². The van der Waals surface area contributed by atoms with Crippen molar-refractivity contribution in [2.24, 2.45) is 0 Å². The fourth-order valence-corrected chi connectivity index (χ4v) is 4.43. The van der Waals surface area contributed by atoms with Crippen molar-refractivity contribution in [1.82, 2.24) is 15.3 Å². The molecule has 1 aliphatic rings. The van der Waals surface area contributed by atoms with E-state index in [4.69, 9.17) is 0 Å². The number of aromatic nitrogens is 2. The molecule has 2 aromatic carbocycles. The number of carbonyl (C=O) groups excluding carboxylic acids is 1. The maximum atomic E-state index is 14.1. The van der Waals surface area contributed by atoms with Gasteiger partial charge in [-0.05, 0) is 37.1 Å². The molecule has 0 saturated carbocycles. The zero-order valence-corrected chi connectivity index (χ0v) is 17.8. The molecule has 0 unspecified atom stereocenters. The minimum absolute atomic E-state index is 0.0898. The van der Waals surface area contributed by atoms with Gasteiger partial charge in [0.15, 0.2) is 0 Å². The molecule has 164 valence electrons. The molecular weight excluding hydrogens is 433 g/mol. The summed E-state index contributed by atoms with van der Waals surface area (Å²) in [7, 11) is 0. The van der Waals surface area contributed by atoms with Crippen molar-refractivity contribution in [3.05, 3.63) is 82.4 Å². The van der Waals surface area contributed by atoms with Crippen LogP contribution < -0.4 is 10.2 Å². The largest absolute Gasteiger partial charge is 0.349 e. The first kappa shape index (κ1) is 21.7. The minimum atomic E-state index is -0.549. The van der Waals surface area contributed by atoms with Gasteiger partial charge in [0.25, 0.3) is 11.6 Å². The average molecular weight is 453 g/mol. The summed E-state index contributed by atoms with van der Waals surface area (Å²) in [5, 5.41) is 14.2. The Morgan fingerprint density at radius 2 is 1.81 bits per heavy atom. The second-order valence-electron chi connectivity index (χ2n) is 7.25. The molecule has 1 N–H and O–H groups in total. The topological polar surface area (TPSA) is 101 Å². The Morgan fingerprint density at radius 1 is 1.09 bits per heavy atom. The molecule has 3 aromatic rings. The van der Waals surface area contributed by atoms with Crippen molar-refractivity contribution in [1.29, 1.82) is 0 Å². The number of nitrogens with zero attached hydrogens (tertiary/aromatic N) is 4. The summed E-state index contributed by atoms with van der Waals surface area (Å²) in [4.78, 5) is 35.1. The molecule has 32 heavy (non-hydrogen) atoms. The fraction of sp³-hybridized carbons (Fsp3) is 0.227. The second kappa shape index (κ2) is 9.73. The number of halogens is 1. The predicted octanol–water partition coefficient (Wildman–Crippen LogP) is 4.07. The summed E-state index contributed by atoms with van der Waals surface area (Å²) in [5.74, 6) is -0.181. The van der Waals surface area contributed by atoms with Crippen LogP contribution >= 0.6 is 11.8 Å². The van der Waals surface area contributed by atoms with Crippen LogP contribution in [0.5, 0.6) is 0 Å². The van der Waals surface area contributed by atoms with E-state index in [1.807, 2.05) is 0 Å². The van der Waals surface area contributed by atoms with Crippen LogP contribution in [-0.2, 0) is 0 Å². The predicted molar refractivity (Wildman–Crippen MR) is 118 cm³/mol.